The Morgan fingerprint density at radius 1 is 1.29 bits per heavy atom. The summed E-state index contributed by atoms with van der Waals surface area (Å²) < 4.78 is 5.40. The second kappa shape index (κ2) is 4.63. The van der Waals surface area contributed by atoms with Crippen molar-refractivity contribution in [2.24, 2.45) is 0 Å². The van der Waals surface area contributed by atoms with Gasteiger partial charge in [-0.2, -0.15) is 0 Å². The second-order valence-corrected chi connectivity index (χ2v) is 5.41. The van der Waals surface area contributed by atoms with Gasteiger partial charge >= 0.3 is 0 Å². The van der Waals surface area contributed by atoms with Crippen molar-refractivity contribution >= 4 is 0 Å². The Balaban J connectivity index is 2.20. The van der Waals surface area contributed by atoms with E-state index in [-0.39, 0.29) is 5.60 Å². The monoisotopic (exact) mass is 199 g/mol. The third-order valence-electron chi connectivity index (χ3n) is 3.54. The summed E-state index contributed by atoms with van der Waals surface area (Å²) in [7, 11) is 1.79. The Labute approximate surface area is 88.4 Å². The van der Waals surface area contributed by atoms with Crippen molar-refractivity contribution in [1.82, 2.24) is 5.32 Å². The summed E-state index contributed by atoms with van der Waals surface area (Å²) in [5.41, 5.74) is 0.422. The van der Waals surface area contributed by atoms with Gasteiger partial charge in [0.2, 0.25) is 0 Å². The zero-order valence-corrected chi connectivity index (χ0v) is 10.2. The van der Waals surface area contributed by atoms with Crippen molar-refractivity contribution in [1.29, 1.82) is 0 Å². The maximum atomic E-state index is 5.40. The Morgan fingerprint density at radius 2 is 1.86 bits per heavy atom. The molecule has 1 saturated carbocycles. The summed E-state index contributed by atoms with van der Waals surface area (Å²) in [4.78, 5) is 0. The van der Waals surface area contributed by atoms with Gasteiger partial charge in [-0.3, -0.25) is 0 Å². The maximum absolute atomic E-state index is 5.40. The highest BCUT2D eigenvalue weighted by Gasteiger charge is 2.28. The lowest BCUT2D eigenvalue weighted by Crippen LogP contribution is -2.42. The molecular weight excluding hydrogens is 174 g/mol. The normalized spacial score (nSPS) is 21.4. The maximum Gasteiger partial charge on any atom is 0.0634 e. The minimum atomic E-state index is 0.0158. The second-order valence-electron chi connectivity index (χ2n) is 5.41. The first kappa shape index (κ1) is 12.0. The van der Waals surface area contributed by atoms with Gasteiger partial charge in [0, 0.05) is 12.6 Å². The van der Waals surface area contributed by atoms with E-state index in [1.54, 1.807) is 7.11 Å². The molecule has 0 spiro atoms. The number of methoxy groups -OCH3 is 1. The van der Waals surface area contributed by atoms with E-state index < -0.39 is 0 Å². The lowest BCUT2D eigenvalue weighted by atomic mass is 9.99. The molecule has 0 saturated heterocycles. The van der Waals surface area contributed by atoms with E-state index in [1.807, 2.05) is 0 Å². The van der Waals surface area contributed by atoms with Crippen molar-refractivity contribution in [3.63, 3.8) is 0 Å². The predicted octanol–water partition coefficient (Wildman–Crippen LogP) is 2.72. The smallest absolute Gasteiger partial charge is 0.0634 e. The van der Waals surface area contributed by atoms with Gasteiger partial charge in [0.1, 0.15) is 0 Å². The van der Waals surface area contributed by atoms with Crippen molar-refractivity contribution in [3.8, 4) is 0 Å². The highest BCUT2D eigenvalue weighted by molar-refractivity contribution is 4.88. The summed E-state index contributed by atoms with van der Waals surface area (Å²) in [5.74, 6) is 0. The minimum Gasteiger partial charge on any atom is -0.379 e. The van der Waals surface area contributed by atoms with E-state index in [2.05, 4.69) is 26.1 Å². The molecule has 1 N–H and O–H groups in total. The van der Waals surface area contributed by atoms with Crippen LogP contribution >= 0.6 is 0 Å². The molecular formula is C12H25NO. The lowest BCUT2D eigenvalue weighted by molar-refractivity contribution is 0.0144. The molecule has 1 fully saturated rings. The highest BCUT2D eigenvalue weighted by Crippen LogP contribution is 2.29. The van der Waals surface area contributed by atoms with Gasteiger partial charge in [-0.1, -0.05) is 12.8 Å². The molecule has 14 heavy (non-hydrogen) atoms. The standard InChI is InChI=1S/C12H25NO/c1-11(2,14-4)9-10-13-12(3)7-5-6-8-12/h13H,5-10H2,1-4H3. The van der Waals surface area contributed by atoms with Crippen molar-refractivity contribution in [2.75, 3.05) is 13.7 Å². The molecule has 0 radical (unpaired) electrons. The van der Waals surface area contributed by atoms with Crippen LogP contribution in [0, 0.1) is 0 Å². The van der Waals surface area contributed by atoms with E-state index in [1.165, 1.54) is 25.7 Å². The quantitative estimate of drug-likeness (QED) is 0.735. The van der Waals surface area contributed by atoms with Crippen molar-refractivity contribution < 1.29 is 4.74 Å². The van der Waals surface area contributed by atoms with Crippen LogP contribution in [0.4, 0.5) is 0 Å². The molecule has 1 aliphatic carbocycles. The molecule has 2 nitrogen and oxygen atoms in total. The largest absolute Gasteiger partial charge is 0.379 e. The fourth-order valence-corrected chi connectivity index (χ4v) is 2.10. The zero-order valence-electron chi connectivity index (χ0n) is 10.2. The van der Waals surface area contributed by atoms with Gasteiger partial charge in [0.05, 0.1) is 5.60 Å². The Kier molecular flexibility index (Phi) is 3.96. The van der Waals surface area contributed by atoms with Crippen LogP contribution in [0.2, 0.25) is 0 Å². The summed E-state index contributed by atoms with van der Waals surface area (Å²) in [6.07, 6.45) is 6.52. The molecule has 1 aliphatic rings. The topological polar surface area (TPSA) is 21.3 Å². The van der Waals surface area contributed by atoms with E-state index >= 15 is 0 Å². The Hall–Kier alpha value is -0.0800. The summed E-state index contributed by atoms with van der Waals surface area (Å²) in [6, 6.07) is 0. The van der Waals surface area contributed by atoms with Crippen LogP contribution in [0.3, 0.4) is 0 Å². The Bertz CT molecular complexity index is 171. The molecule has 0 atom stereocenters. The van der Waals surface area contributed by atoms with Crippen molar-refractivity contribution in [3.05, 3.63) is 0 Å². The third kappa shape index (κ3) is 3.58. The average Bonchev–Trinajstić information content (AvgIpc) is 2.52. The molecule has 84 valence electrons. The minimum absolute atomic E-state index is 0.0158. The number of ether oxygens (including phenoxy) is 1. The first-order valence-electron chi connectivity index (χ1n) is 5.78. The number of hydrogen-bond donors (Lipinski definition) is 1. The van der Waals surface area contributed by atoms with Gasteiger partial charge in [-0.05, 0) is 46.6 Å². The van der Waals surface area contributed by atoms with Gasteiger partial charge in [0.15, 0.2) is 0 Å². The molecule has 1 rings (SSSR count). The molecule has 0 aromatic carbocycles. The summed E-state index contributed by atoms with van der Waals surface area (Å²) >= 11 is 0. The van der Waals surface area contributed by atoms with Gasteiger partial charge < -0.3 is 10.1 Å². The Morgan fingerprint density at radius 3 is 2.36 bits per heavy atom. The fourth-order valence-electron chi connectivity index (χ4n) is 2.10. The van der Waals surface area contributed by atoms with Crippen LogP contribution in [0.5, 0.6) is 0 Å². The van der Waals surface area contributed by atoms with E-state index in [0.717, 1.165) is 13.0 Å². The summed E-state index contributed by atoms with van der Waals surface area (Å²) in [6.45, 7) is 7.70. The number of hydrogen-bond acceptors (Lipinski definition) is 2. The van der Waals surface area contributed by atoms with Crippen LogP contribution in [0.15, 0.2) is 0 Å². The first-order chi connectivity index (χ1) is 6.47. The first-order valence-corrected chi connectivity index (χ1v) is 5.78. The predicted molar refractivity (Wildman–Crippen MR) is 60.6 cm³/mol. The van der Waals surface area contributed by atoms with Gasteiger partial charge in [-0.15, -0.1) is 0 Å². The molecule has 0 unspecified atom stereocenters. The third-order valence-corrected chi connectivity index (χ3v) is 3.54. The lowest BCUT2D eigenvalue weighted by Gasteiger charge is -2.29. The molecule has 0 aromatic heterocycles. The SMILES string of the molecule is COC(C)(C)CCNC1(C)CCCC1. The molecule has 0 aliphatic heterocycles. The van der Waals surface area contributed by atoms with E-state index in [0.29, 0.717) is 5.54 Å². The van der Waals surface area contributed by atoms with Crippen LogP contribution in [0.1, 0.15) is 52.9 Å². The van der Waals surface area contributed by atoms with Crippen LogP contribution in [0.25, 0.3) is 0 Å². The van der Waals surface area contributed by atoms with Crippen LogP contribution < -0.4 is 5.32 Å². The number of rotatable bonds is 5. The van der Waals surface area contributed by atoms with E-state index in [4.69, 9.17) is 4.74 Å². The zero-order chi connectivity index (χ0) is 10.7. The molecule has 0 heterocycles. The molecule has 0 bridgehead atoms. The van der Waals surface area contributed by atoms with Crippen molar-refractivity contribution in [2.45, 2.75) is 64.0 Å². The molecule has 0 aromatic rings. The summed E-state index contributed by atoms with van der Waals surface area (Å²) in [5, 5.41) is 3.67. The van der Waals surface area contributed by atoms with E-state index in [9.17, 15) is 0 Å². The highest BCUT2D eigenvalue weighted by atomic mass is 16.5. The van der Waals surface area contributed by atoms with Crippen LogP contribution in [-0.4, -0.2) is 24.8 Å². The van der Waals surface area contributed by atoms with Crippen LogP contribution in [-0.2, 0) is 4.74 Å². The molecule has 0 amide bonds. The van der Waals surface area contributed by atoms with Gasteiger partial charge in [-0.25, -0.2) is 0 Å². The fraction of sp³-hybridized carbons (Fsp3) is 1.00. The molecule has 2 heteroatoms. The average molecular weight is 199 g/mol. The number of nitrogens with one attached hydrogen (secondary N) is 1. The van der Waals surface area contributed by atoms with Gasteiger partial charge in [0.25, 0.3) is 0 Å².